The Morgan fingerprint density at radius 2 is 1.90 bits per heavy atom. The molecule has 0 spiro atoms. The molecule has 5 heteroatoms. The van der Waals surface area contributed by atoms with Crippen molar-refractivity contribution in [3.05, 3.63) is 65.7 Å². The summed E-state index contributed by atoms with van der Waals surface area (Å²) in [5.74, 6) is -1.57. The van der Waals surface area contributed by atoms with Gasteiger partial charge in [-0.15, -0.1) is 0 Å². The molecule has 2 rings (SSSR count). The number of benzene rings is 1. The summed E-state index contributed by atoms with van der Waals surface area (Å²) >= 11 is 0. The minimum absolute atomic E-state index is 0.0948. The van der Waals surface area contributed by atoms with Crippen LogP contribution in [0.4, 0.5) is 4.39 Å². The standard InChI is InChI=1S/C15H13FN2O2/c1-10(19)18-14(11-5-3-2-4-6-11)15(20)12-7-8-17-9-13(12)16/h2-9,14H,1H3,(H,18,19). The highest BCUT2D eigenvalue weighted by molar-refractivity contribution is 6.02. The van der Waals surface area contributed by atoms with Crippen LogP contribution in [0.25, 0.3) is 0 Å². The third-order valence-corrected chi connectivity index (χ3v) is 2.78. The number of hydrogen-bond donors (Lipinski definition) is 1. The zero-order valence-corrected chi connectivity index (χ0v) is 10.8. The summed E-state index contributed by atoms with van der Waals surface area (Å²) in [5.41, 5.74) is 0.506. The van der Waals surface area contributed by atoms with Crippen LogP contribution in [0.3, 0.4) is 0 Å². The van der Waals surface area contributed by atoms with E-state index in [-0.39, 0.29) is 11.5 Å². The number of carbonyl (C=O) groups excluding carboxylic acids is 2. The van der Waals surface area contributed by atoms with Gasteiger partial charge in [0.15, 0.2) is 11.6 Å². The van der Waals surface area contributed by atoms with E-state index in [1.807, 2.05) is 0 Å². The van der Waals surface area contributed by atoms with E-state index in [0.29, 0.717) is 5.56 Å². The summed E-state index contributed by atoms with van der Waals surface area (Å²) in [6.07, 6.45) is 2.31. The van der Waals surface area contributed by atoms with Crippen LogP contribution in [0.5, 0.6) is 0 Å². The number of halogens is 1. The fourth-order valence-electron chi connectivity index (χ4n) is 1.88. The molecule has 0 fully saturated rings. The van der Waals surface area contributed by atoms with E-state index >= 15 is 0 Å². The van der Waals surface area contributed by atoms with Crippen molar-refractivity contribution in [2.45, 2.75) is 13.0 Å². The first kappa shape index (κ1) is 13.9. The minimum atomic E-state index is -0.911. The van der Waals surface area contributed by atoms with Crippen LogP contribution in [-0.4, -0.2) is 16.7 Å². The summed E-state index contributed by atoms with van der Waals surface area (Å²) in [5, 5.41) is 2.55. The molecule has 1 aromatic heterocycles. The van der Waals surface area contributed by atoms with Crippen molar-refractivity contribution in [3.63, 3.8) is 0 Å². The largest absolute Gasteiger partial charge is 0.342 e. The molecule has 4 nitrogen and oxygen atoms in total. The van der Waals surface area contributed by atoms with Crippen molar-refractivity contribution in [1.29, 1.82) is 0 Å². The van der Waals surface area contributed by atoms with E-state index in [1.165, 1.54) is 19.2 Å². The molecule has 0 saturated carbocycles. The summed E-state index contributed by atoms with van der Waals surface area (Å²) in [6, 6.07) is 9.10. The minimum Gasteiger partial charge on any atom is -0.342 e. The molecule has 1 atom stereocenters. The Bertz CT molecular complexity index is 629. The van der Waals surface area contributed by atoms with Crippen molar-refractivity contribution in [2.75, 3.05) is 0 Å². The molecule has 102 valence electrons. The van der Waals surface area contributed by atoms with Crippen LogP contribution in [0.1, 0.15) is 28.9 Å². The number of aromatic nitrogens is 1. The number of nitrogens with zero attached hydrogens (tertiary/aromatic N) is 1. The molecular formula is C15H13FN2O2. The van der Waals surface area contributed by atoms with Crippen molar-refractivity contribution in [1.82, 2.24) is 10.3 Å². The molecule has 0 aliphatic heterocycles. The highest BCUT2D eigenvalue weighted by Crippen LogP contribution is 2.19. The zero-order valence-electron chi connectivity index (χ0n) is 10.8. The summed E-state index contributed by atoms with van der Waals surface area (Å²) in [4.78, 5) is 27.3. The van der Waals surface area contributed by atoms with Gasteiger partial charge in [0.05, 0.1) is 11.8 Å². The quantitative estimate of drug-likeness (QED) is 0.869. The van der Waals surface area contributed by atoms with Crippen LogP contribution in [-0.2, 0) is 4.79 Å². The molecular weight excluding hydrogens is 259 g/mol. The first-order valence-electron chi connectivity index (χ1n) is 6.05. The second kappa shape index (κ2) is 6.06. The Morgan fingerprint density at radius 3 is 2.50 bits per heavy atom. The molecule has 1 heterocycles. The lowest BCUT2D eigenvalue weighted by molar-refractivity contribution is -0.119. The number of amides is 1. The molecule has 1 N–H and O–H groups in total. The lowest BCUT2D eigenvalue weighted by Gasteiger charge is -2.17. The molecule has 0 saturated heterocycles. The molecule has 1 aromatic carbocycles. The second-order valence-corrected chi connectivity index (χ2v) is 4.26. The Kier molecular flexibility index (Phi) is 4.20. The summed E-state index contributed by atoms with van der Waals surface area (Å²) in [6.45, 7) is 1.31. The van der Waals surface area contributed by atoms with Gasteiger partial charge in [-0.1, -0.05) is 30.3 Å². The number of nitrogens with one attached hydrogen (secondary N) is 1. The van der Waals surface area contributed by atoms with Gasteiger partial charge in [0, 0.05) is 13.1 Å². The summed E-state index contributed by atoms with van der Waals surface area (Å²) in [7, 11) is 0. The van der Waals surface area contributed by atoms with Crippen molar-refractivity contribution in [3.8, 4) is 0 Å². The summed E-state index contributed by atoms with van der Waals surface area (Å²) < 4.78 is 13.7. The van der Waals surface area contributed by atoms with Gasteiger partial charge in [-0.2, -0.15) is 0 Å². The first-order valence-corrected chi connectivity index (χ1v) is 6.05. The Morgan fingerprint density at radius 1 is 1.20 bits per heavy atom. The van der Waals surface area contributed by atoms with E-state index in [0.717, 1.165) is 6.20 Å². The number of ketones is 1. The molecule has 20 heavy (non-hydrogen) atoms. The van der Waals surface area contributed by atoms with Crippen LogP contribution in [0.15, 0.2) is 48.8 Å². The smallest absolute Gasteiger partial charge is 0.217 e. The van der Waals surface area contributed by atoms with Crippen LogP contribution in [0, 0.1) is 5.82 Å². The van der Waals surface area contributed by atoms with Gasteiger partial charge in [0.1, 0.15) is 6.04 Å². The first-order chi connectivity index (χ1) is 9.59. The zero-order chi connectivity index (χ0) is 14.5. The topological polar surface area (TPSA) is 59.1 Å². The van der Waals surface area contributed by atoms with Gasteiger partial charge in [-0.3, -0.25) is 14.6 Å². The van der Waals surface area contributed by atoms with E-state index < -0.39 is 17.6 Å². The molecule has 2 aromatic rings. The monoisotopic (exact) mass is 272 g/mol. The fraction of sp³-hybridized carbons (Fsp3) is 0.133. The van der Waals surface area contributed by atoms with E-state index in [4.69, 9.17) is 0 Å². The maximum atomic E-state index is 13.7. The predicted molar refractivity (Wildman–Crippen MR) is 71.5 cm³/mol. The molecule has 0 radical (unpaired) electrons. The fourth-order valence-corrected chi connectivity index (χ4v) is 1.88. The van der Waals surface area contributed by atoms with Gasteiger partial charge in [0.25, 0.3) is 0 Å². The lowest BCUT2D eigenvalue weighted by atomic mass is 9.97. The van der Waals surface area contributed by atoms with E-state index in [2.05, 4.69) is 10.3 Å². The Hall–Kier alpha value is -2.56. The second-order valence-electron chi connectivity index (χ2n) is 4.26. The molecule has 0 bridgehead atoms. The Balaban J connectivity index is 2.40. The third-order valence-electron chi connectivity index (χ3n) is 2.78. The van der Waals surface area contributed by atoms with Gasteiger partial charge in [0.2, 0.25) is 5.91 Å². The number of pyridine rings is 1. The molecule has 0 aliphatic rings. The average Bonchev–Trinajstić information content (AvgIpc) is 2.45. The highest BCUT2D eigenvalue weighted by atomic mass is 19.1. The van der Waals surface area contributed by atoms with Crippen molar-refractivity contribution < 1.29 is 14.0 Å². The van der Waals surface area contributed by atoms with Gasteiger partial charge < -0.3 is 5.32 Å². The van der Waals surface area contributed by atoms with Crippen LogP contribution >= 0.6 is 0 Å². The number of rotatable bonds is 4. The number of Topliss-reactive ketones (excluding diaryl/α,β-unsaturated/α-hetero) is 1. The van der Waals surface area contributed by atoms with E-state index in [1.54, 1.807) is 30.3 Å². The van der Waals surface area contributed by atoms with Crippen molar-refractivity contribution in [2.24, 2.45) is 0 Å². The normalized spacial score (nSPS) is 11.7. The third kappa shape index (κ3) is 3.06. The molecule has 1 unspecified atom stereocenters. The number of hydrogen-bond acceptors (Lipinski definition) is 3. The Labute approximate surface area is 115 Å². The van der Waals surface area contributed by atoms with Gasteiger partial charge >= 0.3 is 0 Å². The van der Waals surface area contributed by atoms with Gasteiger partial charge in [-0.05, 0) is 11.6 Å². The highest BCUT2D eigenvalue weighted by Gasteiger charge is 2.24. The molecule has 0 aliphatic carbocycles. The van der Waals surface area contributed by atoms with Crippen molar-refractivity contribution >= 4 is 11.7 Å². The molecule has 1 amide bonds. The number of carbonyl (C=O) groups is 2. The van der Waals surface area contributed by atoms with Crippen LogP contribution < -0.4 is 5.32 Å². The maximum absolute atomic E-state index is 13.7. The van der Waals surface area contributed by atoms with Gasteiger partial charge in [-0.25, -0.2) is 4.39 Å². The average molecular weight is 272 g/mol. The van der Waals surface area contributed by atoms with Crippen LogP contribution in [0.2, 0.25) is 0 Å². The lowest BCUT2D eigenvalue weighted by Crippen LogP contribution is -2.32. The predicted octanol–water partition coefficient (Wildman–Crippen LogP) is 2.28. The maximum Gasteiger partial charge on any atom is 0.217 e. The SMILES string of the molecule is CC(=O)NC(C(=O)c1ccncc1F)c1ccccc1. The van der Waals surface area contributed by atoms with E-state index in [9.17, 15) is 14.0 Å².